The number of esters is 1. The van der Waals surface area contributed by atoms with Crippen molar-refractivity contribution in [2.45, 2.75) is 33.1 Å². The van der Waals surface area contributed by atoms with Crippen LogP contribution in [0.2, 0.25) is 10.0 Å². The fourth-order valence-corrected chi connectivity index (χ4v) is 3.76. The molecule has 3 aromatic rings. The highest BCUT2D eigenvalue weighted by Gasteiger charge is 2.28. The Hall–Kier alpha value is -2.57. The molecule has 30 heavy (non-hydrogen) atoms. The Balaban J connectivity index is 2.23. The van der Waals surface area contributed by atoms with Crippen LogP contribution in [0.3, 0.4) is 0 Å². The number of carbonyl (C=O) groups excluding carboxylic acids is 2. The van der Waals surface area contributed by atoms with Gasteiger partial charge in [0.1, 0.15) is 0 Å². The number of carbonyl (C=O) groups is 2. The minimum absolute atomic E-state index is 0.206. The van der Waals surface area contributed by atoms with Crippen LogP contribution in [0.1, 0.15) is 47.8 Å². The van der Waals surface area contributed by atoms with E-state index in [4.69, 9.17) is 27.9 Å². The van der Waals surface area contributed by atoms with Gasteiger partial charge >= 0.3 is 5.97 Å². The predicted molar refractivity (Wildman–Crippen MR) is 114 cm³/mol. The lowest BCUT2D eigenvalue weighted by atomic mass is 9.98. The molecular weight excluding hydrogens is 432 g/mol. The molecule has 1 N–H and O–H groups in total. The van der Waals surface area contributed by atoms with Crippen molar-refractivity contribution in [3.63, 3.8) is 0 Å². The maximum atomic E-state index is 14.2. The summed E-state index contributed by atoms with van der Waals surface area (Å²) < 4.78 is 20.7. The molecule has 1 heterocycles. The molecule has 1 unspecified atom stereocenters. The Morgan fingerprint density at radius 1 is 1.20 bits per heavy atom. The summed E-state index contributed by atoms with van der Waals surface area (Å²) in [5.41, 5.74) is 1.39. The normalized spacial score (nSPS) is 12.2. The minimum atomic E-state index is -0.879. The number of hydrogen-bond donors (Lipinski definition) is 1. The fourth-order valence-electron chi connectivity index (χ4n) is 3.46. The van der Waals surface area contributed by atoms with E-state index in [0.29, 0.717) is 28.1 Å². The Morgan fingerprint density at radius 3 is 2.53 bits per heavy atom. The number of phenolic OH excluding ortho intramolecular Hbond substituents is 1. The van der Waals surface area contributed by atoms with Gasteiger partial charge in [0.05, 0.1) is 28.1 Å². The van der Waals surface area contributed by atoms with E-state index in [1.165, 1.54) is 28.8 Å². The summed E-state index contributed by atoms with van der Waals surface area (Å²) in [5.74, 6) is -3.12. The first kappa shape index (κ1) is 22.1. The quantitative estimate of drug-likeness (QED) is 0.494. The highest BCUT2D eigenvalue weighted by molar-refractivity contribution is 6.42. The molecule has 0 aliphatic carbocycles. The van der Waals surface area contributed by atoms with E-state index in [1.807, 2.05) is 6.92 Å². The van der Waals surface area contributed by atoms with Crippen LogP contribution in [-0.4, -0.2) is 28.2 Å². The third-order valence-electron chi connectivity index (χ3n) is 4.93. The molecule has 0 fully saturated rings. The van der Waals surface area contributed by atoms with Crippen LogP contribution in [0.4, 0.5) is 4.39 Å². The monoisotopic (exact) mass is 451 g/mol. The molecule has 2 aromatic carbocycles. The van der Waals surface area contributed by atoms with Crippen LogP contribution in [0.15, 0.2) is 30.3 Å². The Labute approximate surface area is 183 Å². The molecule has 0 saturated carbocycles. The Morgan fingerprint density at radius 2 is 1.90 bits per heavy atom. The average Bonchev–Trinajstić information content (AvgIpc) is 2.98. The highest BCUT2D eigenvalue weighted by Crippen LogP contribution is 2.36. The van der Waals surface area contributed by atoms with Crippen LogP contribution in [0.25, 0.3) is 10.9 Å². The van der Waals surface area contributed by atoms with E-state index >= 15 is 0 Å². The predicted octanol–water partition coefficient (Wildman–Crippen LogP) is 5.85. The summed E-state index contributed by atoms with van der Waals surface area (Å²) in [7, 11) is 0. The van der Waals surface area contributed by atoms with Gasteiger partial charge in [-0.2, -0.15) is 0 Å². The minimum Gasteiger partial charge on any atom is -0.505 e. The van der Waals surface area contributed by atoms with Gasteiger partial charge < -0.3 is 9.84 Å². The number of aromatic nitrogens is 1. The van der Waals surface area contributed by atoms with Crippen molar-refractivity contribution in [1.82, 2.24) is 4.57 Å². The van der Waals surface area contributed by atoms with Crippen LogP contribution < -0.4 is 0 Å². The van der Waals surface area contributed by atoms with Crippen molar-refractivity contribution >= 4 is 46.0 Å². The zero-order chi connectivity index (χ0) is 22.2. The van der Waals surface area contributed by atoms with E-state index in [9.17, 15) is 19.1 Å². The van der Waals surface area contributed by atoms with E-state index in [1.54, 1.807) is 13.8 Å². The topological polar surface area (TPSA) is 68.5 Å². The molecule has 3 rings (SSSR count). The Bertz CT molecular complexity index is 1160. The van der Waals surface area contributed by atoms with Gasteiger partial charge in [-0.3, -0.25) is 14.2 Å². The lowest BCUT2D eigenvalue weighted by Gasteiger charge is -2.13. The van der Waals surface area contributed by atoms with E-state index in [2.05, 4.69) is 0 Å². The Kier molecular flexibility index (Phi) is 6.38. The molecule has 158 valence electrons. The number of phenols is 1. The summed E-state index contributed by atoms with van der Waals surface area (Å²) in [5, 5.41) is 10.8. The van der Waals surface area contributed by atoms with E-state index in [0.717, 1.165) is 6.07 Å². The molecule has 0 spiro atoms. The third kappa shape index (κ3) is 3.89. The van der Waals surface area contributed by atoms with Crippen molar-refractivity contribution in [2.75, 3.05) is 6.61 Å². The number of ether oxygens (including phenoxy) is 1. The van der Waals surface area contributed by atoms with Crippen LogP contribution in [-0.2, 0) is 9.53 Å². The van der Waals surface area contributed by atoms with Crippen LogP contribution >= 0.6 is 23.2 Å². The molecule has 0 bridgehead atoms. The zero-order valence-electron chi connectivity index (χ0n) is 16.6. The standard InChI is InChI=1S/C22H20Cl2FNO4/c1-4-7-30-22(29)11(2)20-12(3)26(18-10-17(25)19(27)9-14(18)20)21(28)13-5-6-15(23)16(24)8-13/h5-6,8-11,27H,4,7H2,1-3H3. The van der Waals surface area contributed by atoms with Gasteiger partial charge in [0.15, 0.2) is 11.6 Å². The second-order valence-corrected chi connectivity index (χ2v) is 7.79. The lowest BCUT2D eigenvalue weighted by molar-refractivity contribution is -0.145. The number of fused-ring (bicyclic) bond motifs is 1. The third-order valence-corrected chi connectivity index (χ3v) is 5.67. The maximum Gasteiger partial charge on any atom is 0.313 e. The summed E-state index contributed by atoms with van der Waals surface area (Å²) in [6, 6.07) is 6.72. The first-order chi connectivity index (χ1) is 14.2. The molecule has 0 radical (unpaired) electrons. The molecule has 0 amide bonds. The molecule has 1 atom stereocenters. The first-order valence-corrected chi connectivity index (χ1v) is 10.1. The molecule has 0 aliphatic rings. The summed E-state index contributed by atoms with van der Waals surface area (Å²) in [6.07, 6.45) is 0.668. The molecular formula is C22H20Cl2FNO4. The van der Waals surface area contributed by atoms with Gasteiger partial charge in [0.25, 0.3) is 5.91 Å². The molecule has 5 nitrogen and oxygen atoms in total. The molecule has 0 saturated heterocycles. The number of hydrogen-bond acceptors (Lipinski definition) is 4. The number of halogens is 3. The van der Waals surface area contributed by atoms with Crippen molar-refractivity contribution in [2.24, 2.45) is 0 Å². The lowest BCUT2D eigenvalue weighted by Crippen LogP contribution is -2.17. The zero-order valence-corrected chi connectivity index (χ0v) is 18.1. The van der Waals surface area contributed by atoms with Crippen molar-refractivity contribution in [3.05, 3.63) is 63.0 Å². The van der Waals surface area contributed by atoms with E-state index in [-0.39, 0.29) is 22.7 Å². The van der Waals surface area contributed by atoms with Gasteiger partial charge in [-0.1, -0.05) is 30.1 Å². The second-order valence-electron chi connectivity index (χ2n) is 6.98. The van der Waals surface area contributed by atoms with Gasteiger partial charge in [-0.25, -0.2) is 4.39 Å². The number of rotatable bonds is 5. The van der Waals surface area contributed by atoms with Crippen LogP contribution in [0, 0.1) is 12.7 Å². The highest BCUT2D eigenvalue weighted by atomic mass is 35.5. The SMILES string of the molecule is CCCOC(=O)C(C)c1c(C)n(C(=O)c2ccc(Cl)c(Cl)c2)c2cc(F)c(O)cc12. The smallest absolute Gasteiger partial charge is 0.313 e. The summed E-state index contributed by atoms with van der Waals surface area (Å²) in [4.78, 5) is 25.8. The van der Waals surface area contributed by atoms with Gasteiger partial charge in [0.2, 0.25) is 0 Å². The van der Waals surface area contributed by atoms with Crippen molar-refractivity contribution < 1.29 is 23.8 Å². The van der Waals surface area contributed by atoms with Gasteiger partial charge in [-0.15, -0.1) is 0 Å². The number of nitrogens with zero attached hydrogens (tertiary/aromatic N) is 1. The summed E-state index contributed by atoms with van der Waals surface area (Å²) >= 11 is 12.0. The average molecular weight is 452 g/mol. The summed E-state index contributed by atoms with van der Waals surface area (Å²) in [6.45, 7) is 5.45. The van der Waals surface area contributed by atoms with Crippen molar-refractivity contribution in [1.29, 1.82) is 0 Å². The number of benzene rings is 2. The largest absolute Gasteiger partial charge is 0.505 e. The molecule has 8 heteroatoms. The second kappa shape index (κ2) is 8.66. The maximum absolute atomic E-state index is 14.2. The molecule has 0 aliphatic heterocycles. The first-order valence-electron chi connectivity index (χ1n) is 9.37. The van der Waals surface area contributed by atoms with Crippen molar-refractivity contribution in [3.8, 4) is 5.75 Å². The van der Waals surface area contributed by atoms with Crippen LogP contribution in [0.5, 0.6) is 5.75 Å². The van der Waals surface area contributed by atoms with Gasteiger partial charge in [-0.05, 0) is 50.1 Å². The fraction of sp³-hybridized carbons (Fsp3) is 0.273. The van der Waals surface area contributed by atoms with Gasteiger partial charge in [0, 0.05) is 22.7 Å². The van der Waals surface area contributed by atoms with E-state index < -0.39 is 29.4 Å². The molecule has 1 aromatic heterocycles. The number of aromatic hydroxyl groups is 1.